The summed E-state index contributed by atoms with van der Waals surface area (Å²) in [6.45, 7) is 1.07. The van der Waals surface area contributed by atoms with Crippen LogP contribution in [0.2, 0.25) is 0 Å². The topological polar surface area (TPSA) is 69.8 Å². The van der Waals surface area contributed by atoms with Gasteiger partial charge in [0.05, 0.1) is 29.4 Å². The molecule has 0 saturated carbocycles. The van der Waals surface area contributed by atoms with Gasteiger partial charge in [0.1, 0.15) is 0 Å². The van der Waals surface area contributed by atoms with Crippen LogP contribution in [0.4, 0.5) is 30.2 Å². The fraction of sp³-hybridized carbons (Fsp3) is 0.316. The van der Waals surface area contributed by atoms with Crippen LogP contribution in [0.5, 0.6) is 0 Å². The van der Waals surface area contributed by atoms with Crippen molar-refractivity contribution in [3.8, 4) is 0 Å². The highest BCUT2D eigenvalue weighted by atomic mass is 35.5. The summed E-state index contributed by atoms with van der Waals surface area (Å²) >= 11 is 0. The third-order valence-electron chi connectivity index (χ3n) is 4.66. The third kappa shape index (κ3) is 4.51. The molecule has 1 aliphatic rings. The van der Waals surface area contributed by atoms with Crippen LogP contribution in [0, 0.1) is 0 Å². The fourth-order valence-electron chi connectivity index (χ4n) is 3.34. The van der Waals surface area contributed by atoms with Gasteiger partial charge in [-0.15, -0.1) is 12.4 Å². The van der Waals surface area contributed by atoms with E-state index < -0.39 is 17.7 Å². The van der Waals surface area contributed by atoms with Crippen LogP contribution in [0.15, 0.2) is 48.5 Å². The maximum absolute atomic E-state index is 12.8. The molecule has 5 nitrogen and oxygen atoms in total. The van der Waals surface area contributed by atoms with E-state index in [-0.39, 0.29) is 24.9 Å². The van der Waals surface area contributed by atoms with Crippen LogP contribution in [0.1, 0.15) is 12.0 Å². The second kappa shape index (κ2) is 8.70. The SMILES string of the molecule is Cl.NCC1CN(c2ccc(C(F)(F)F)cc2)c2ccccc2N1CCC(=O)O. The Labute approximate surface area is 167 Å². The Hall–Kier alpha value is -2.45. The molecule has 0 saturated heterocycles. The molecule has 3 rings (SSSR count). The molecule has 2 aromatic rings. The number of para-hydroxylation sites is 2. The highest BCUT2D eigenvalue weighted by Crippen LogP contribution is 2.40. The number of anilines is 3. The number of carboxylic acids is 1. The predicted octanol–water partition coefficient (Wildman–Crippen LogP) is 3.89. The molecule has 1 heterocycles. The second-order valence-corrected chi connectivity index (χ2v) is 6.37. The molecule has 0 aromatic heterocycles. The number of aliphatic carboxylic acids is 1. The molecule has 152 valence electrons. The number of alkyl halides is 3. The van der Waals surface area contributed by atoms with Crippen molar-refractivity contribution in [1.82, 2.24) is 0 Å². The van der Waals surface area contributed by atoms with Crippen molar-refractivity contribution in [3.63, 3.8) is 0 Å². The van der Waals surface area contributed by atoms with E-state index in [1.54, 1.807) is 0 Å². The number of fused-ring (bicyclic) bond motifs is 1. The first-order chi connectivity index (χ1) is 12.8. The zero-order chi connectivity index (χ0) is 19.6. The lowest BCUT2D eigenvalue weighted by Gasteiger charge is -2.44. The van der Waals surface area contributed by atoms with Gasteiger partial charge in [-0.25, -0.2) is 0 Å². The van der Waals surface area contributed by atoms with Crippen molar-refractivity contribution in [2.45, 2.75) is 18.6 Å². The van der Waals surface area contributed by atoms with Crippen molar-refractivity contribution in [2.24, 2.45) is 5.73 Å². The van der Waals surface area contributed by atoms with Crippen molar-refractivity contribution in [3.05, 3.63) is 54.1 Å². The number of rotatable bonds is 5. The van der Waals surface area contributed by atoms with E-state index in [9.17, 15) is 18.0 Å². The Kier molecular flexibility index (Phi) is 6.79. The molecule has 1 aliphatic heterocycles. The number of carboxylic acid groups (broad SMARTS) is 1. The average Bonchev–Trinajstić information content (AvgIpc) is 2.65. The zero-order valence-electron chi connectivity index (χ0n) is 14.9. The molecule has 3 N–H and O–H groups in total. The summed E-state index contributed by atoms with van der Waals surface area (Å²) in [5, 5.41) is 9.01. The molecule has 0 spiro atoms. The van der Waals surface area contributed by atoms with Crippen LogP contribution >= 0.6 is 12.4 Å². The molecule has 0 bridgehead atoms. The quantitative estimate of drug-likeness (QED) is 0.775. The molecule has 0 amide bonds. The molecular formula is C19H21ClF3N3O2. The molecule has 28 heavy (non-hydrogen) atoms. The number of nitrogens with zero attached hydrogens (tertiary/aromatic N) is 2. The summed E-state index contributed by atoms with van der Waals surface area (Å²) < 4.78 is 38.5. The number of hydrogen-bond acceptors (Lipinski definition) is 4. The summed E-state index contributed by atoms with van der Waals surface area (Å²) in [4.78, 5) is 14.9. The maximum atomic E-state index is 12.8. The van der Waals surface area contributed by atoms with Crippen LogP contribution in [-0.2, 0) is 11.0 Å². The highest BCUT2D eigenvalue weighted by Gasteiger charge is 2.32. The molecular weight excluding hydrogens is 395 g/mol. The van der Waals surface area contributed by atoms with Gasteiger partial charge in [-0.1, -0.05) is 12.1 Å². The van der Waals surface area contributed by atoms with Crippen molar-refractivity contribution in [2.75, 3.05) is 29.4 Å². The Balaban J connectivity index is 0.00000280. The number of nitrogens with two attached hydrogens (primary N) is 1. The predicted molar refractivity (Wildman–Crippen MR) is 105 cm³/mol. The summed E-state index contributed by atoms with van der Waals surface area (Å²) in [5.41, 5.74) is 7.48. The second-order valence-electron chi connectivity index (χ2n) is 6.37. The molecule has 9 heteroatoms. The van der Waals surface area contributed by atoms with E-state index in [1.165, 1.54) is 12.1 Å². The minimum absolute atomic E-state index is 0. The molecule has 0 fully saturated rings. The minimum atomic E-state index is -4.38. The van der Waals surface area contributed by atoms with E-state index in [0.717, 1.165) is 23.5 Å². The molecule has 0 radical (unpaired) electrons. The first kappa shape index (κ1) is 21.8. The van der Waals surface area contributed by atoms with Crippen LogP contribution in [-0.4, -0.2) is 36.8 Å². The fourth-order valence-corrected chi connectivity index (χ4v) is 3.34. The van der Waals surface area contributed by atoms with Gasteiger partial charge in [-0.2, -0.15) is 13.2 Å². The molecule has 2 aromatic carbocycles. The smallest absolute Gasteiger partial charge is 0.416 e. The Morgan fingerprint density at radius 2 is 1.71 bits per heavy atom. The number of halogens is 4. The summed E-state index contributed by atoms with van der Waals surface area (Å²) in [7, 11) is 0. The largest absolute Gasteiger partial charge is 0.481 e. The average molecular weight is 416 g/mol. The van der Waals surface area contributed by atoms with E-state index in [0.29, 0.717) is 25.3 Å². The van der Waals surface area contributed by atoms with Gasteiger partial charge in [-0.3, -0.25) is 4.79 Å². The number of benzene rings is 2. The van der Waals surface area contributed by atoms with Crippen LogP contribution in [0.3, 0.4) is 0 Å². The zero-order valence-corrected chi connectivity index (χ0v) is 15.7. The molecule has 0 aliphatic carbocycles. The minimum Gasteiger partial charge on any atom is -0.481 e. The van der Waals surface area contributed by atoms with Gasteiger partial charge in [0.15, 0.2) is 0 Å². The lowest BCUT2D eigenvalue weighted by Crippen LogP contribution is -2.51. The van der Waals surface area contributed by atoms with Gasteiger partial charge in [0.2, 0.25) is 0 Å². The van der Waals surface area contributed by atoms with Gasteiger partial charge in [0.25, 0.3) is 0 Å². The maximum Gasteiger partial charge on any atom is 0.416 e. The van der Waals surface area contributed by atoms with E-state index in [1.807, 2.05) is 34.1 Å². The summed E-state index contributed by atoms with van der Waals surface area (Å²) in [6.07, 6.45) is -4.41. The van der Waals surface area contributed by atoms with Gasteiger partial charge in [-0.05, 0) is 36.4 Å². The summed E-state index contributed by atoms with van der Waals surface area (Å²) in [6, 6.07) is 12.3. The molecule has 1 atom stereocenters. The van der Waals surface area contributed by atoms with Crippen molar-refractivity contribution < 1.29 is 23.1 Å². The molecule has 1 unspecified atom stereocenters. The van der Waals surface area contributed by atoms with Gasteiger partial charge < -0.3 is 20.6 Å². The first-order valence-electron chi connectivity index (χ1n) is 8.53. The number of carbonyl (C=O) groups is 1. The highest BCUT2D eigenvalue weighted by molar-refractivity contribution is 5.85. The first-order valence-corrected chi connectivity index (χ1v) is 8.53. The summed E-state index contributed by atoms with van der Waals surface area (Å²) in [5.74, 6) is -0.895. The van der Waals surface area contributed by atoms with Crippen molar-refractivity contribution >= 4 is 35.4 Å². The third-order valence-corrected chi connectivity index (χ3v) is 4.66. The lowest BCUT2D eigenvalue weighted by molar-refractivity contribution is -0.138. The standard InChI is InChI=1S/C19H20F3N3O2.ClH/c20-19(21,22)13-5-7-14(8-6-13)25-12-15(11-23)24(10-9-18(26)27)16-3-1-2-4-17(16)25;/h1-8,15H,9-12,23H2,(H,26,27);1H. The van der Waals surface area contributed by atoms with Crippen LogP contribution in [0.25, 0.3) is 0 Å². The number of hydrogen-bond donors (Lipinski definition) is 2. The van der Waals surface area contributed by atoms with E-state index in [2.05, 4.69) is 0 Å². The van der Waals surface area contributed by atoms with Crippen LogP contribution < -0.4 is 15.5 Å². The monoisotopic (exact) mass is 415 g/mol. The lowest BCUT2D eigenvalue weighted by atomic mass is 10.0. The van der Waals surface area contributed by atoms with E-state index >= 15 is 0 Å². The van der Waals surface area contributed by atoms with E-state index in [4.69, 9.17) is 10.8 Å². The van der Waals surface area contributed by atoms with Gasteiger partial charge in [0, 0.05) is 25.3 Å². The Morgan fingerprint density at radius 1 is 1.11 bits per heavy atom. The Bertz CT molecular complexity index is 815. The van der Waals surface area contributed by atoms with Gasteiger partial charge >= 0.3 is 12.1 Å². The Morgan fingerprint density at radius 3 is 2.25 bits per heavy atom. The van der Waals surface area contributed by atoms with Crippen molar-refractivity contribution in [1.29, 1.82) is 0 Å². The normalized spacial score (nSPS) is 16.4.